The average molecular weight is 544 g/mol. The number of hydrogen-bond acceptors (Lipinski definition) is 5. The fourth-order valence-electron chi connectivity index (χ4n) is 5.39. The minimum Gasteiger partial charge on any atom is -0.444 e. The lowest BCUT2D eigenvalue weighted by Crippen LogP contribution is -2.48. The molecule has 2 aromatic rings. The van der Waals surface area contributed by atoms with Crippen molar-refractivity contribution in [3.05, 3.63) is 77.1 Å². The van der Waals surface area contributed by atoms with Crippen molar-refractivity contribution in [1.82, 2.24) is 14.8 Å². The van der Waals surface area contributed by atoms with Crippen LogP contribution in [0.1, 0.15) is 69.3 Å². The average Bonchev–Trinajstić information content (AvgIpc) is 2.93. The van der Waals surface area contributed by atoms with E-state index < -0.39 is 11.0 Å². The van der Waals surface area contributed by atoms with Gasteiger partial charge in [0.2, 0.25) is 5.91 Å². The molecule has 0 radical (unpaired) electrons. The largest absolute Gasteiger partial charge is 0.444 e. The van der Waals surface area contributed by atoms with Crippen LogP contribution in [-0.2, 0) is 20.7 Å². The molecule has 0 aliphatic carbocycles. The predicted octanol–water partition coefficient (Wildman–Crippen LogP) is 5.87. The Bertz CT molecular complexity index is 1300. The van der Waals surface area contributed by atoms with E-state index in [1.54, 1.807) is 30.2 Å². The topological polar surface area (TPSA) is 79.8 Å². The number of ketones is 1. The van der Waals surface area contributed by atoms with Gasteiger partial charge >= 0.3 is 6.09 Å². The number of ether oxygens (including phenoxy) is 1. The van der Waals surface area contributed by atoms with Crippen LogP contribution in [0.3, 0.4) is 0 Å². The predicted molar refractivity (Wildman–Crippen MR) is 157 cm³/mol. The number of Topliss-reactive ketones (excluding diaryl/α,β-unsaturated/α-hetero) is 1. The number of carbonyl (C=O) groups excluding carboxylic acids is 3. The van der Waals surface area contributed by atoms with Crippen LogP contribution in [0.2, 0.25) is 0 Å². The quantitative estimate of drug-likeness (QED) is 0.426. The third-order valence-corrected chi connectivity index (χ3v) is 7.94. The second-order valence-corrected chi connectivity index (χ2v) is 12.0. The molecule has 1 fully saturated rings. The van der Waals surface area contributed by atoms with Gasteiger partial charge < -0.3 is 14.5 Å². The van der Waals surface area contributed by atoms with Crippen LogP contribution in [0, 0.1) is 12.3 Å². The Balaban J connectivity index is 1.40. The lowest BCUT2D eigenvalue weighted by atomic mass is 9.71. The number of benzene rings is 1. The second-order valence-electron chi connectivity index (χ2n) is 12.0. The molecule has 0 bridgehead atoms. The Morgan fingerprint density at radius 3 is 2.35 bits per heavy atom. The molecule has 0 N–H and O–H groups in total. The van der Waals surface area contributed by atoms with Crippen molar-refractivity contribution in [3.8, 4) is 0 Å². The van der Waals surface area contributed by atoms with Gasteiger partial charge in [-0.3, -0.25) is 14.6 Å². The van der Waals surface area contributed by atoms with Crippen LogP contribution in [0.4, 0.5) is 4.79 Å². The number of piperidine rings is 1. The zero-order chi connectivity index (χ0) is 28.9. The Morgan fingerprint density at radius 2 is 1.75 bits per heavy atom. The van der Waals surface area contributed by atoms with Gasteiger partial charge in [0, 0.05) is 49.6 Å². The van der Waals surface area contributed by atoms with E-state index in [2.05, 4.69) is 23.2 Å². The molecule has 1 aromatic carbocycles. The SMILES string of the molecule is CC(=O)C1(Cc2cc(/C=C/C(=O)N3CC=C(c4ccccc4)CC3)cnc2C)CCN(C(=O)OC(C)(C)C)CC1. The van der Waals surface area contributed by atoms with Gasteiger partial charge in [-0.05, 0) is 94.7 Å². The van der Waals surface area contributed by atoms with E-state index in [1.165, 1.54) is 11.1 Å². The highest BCUT2D eigenvalue weighted by Gasteiger charge is 2.41. The highest BCUT2D eigenvalue weighted by atomic mass is 16.6. The van der Waals surface area contributed by atoms with E-state index in [0.717, 1.165) is 23.2 Å². The van der Waals surface area contributed by atoms with E-state index in [4.69, 9.17) is 4.74 Å². The summed E-state index contributed by atoms with van der Waals surface area (Å²) in [6.45, 7) is 11.4. The van der Waals surface area contributed by atoms with Crippen molar-refractivity contribution >= 4 is 29.4 Å². The highest BCUT2D eigenvalue weighted by Crippen LogP contribution is 2.37. The minimum atomic E-state index is -0.556. The number of likely N-dealkylation sites (tertiary alicyclic amines) is 1. The van der Waals surface area contributed by atoms with Crippen molar-refractivity contribution in [2.45, 2.75) is 65.9 Å². The molecule has 7 heteroatoms. The van der Waals surface area contributed by atoms with E-state index in [0.29, 0.717) is 45.4 Å². The molecular formula is C33H41N3O4. The van der Waals surface area contributed by atoms with Gasteiger partial charge in [-0.2, -0.15) is 0 Å². The smallest absolute Gasteiger partial charge is 0.410 e. The number of nitrogens with zero attached hydrogens (tertiary/aromatic N) is 3. The Morgan fingerprint density at radius 1 is 1.05 bits per heavy atom. The molecule has 1 aromatic heterocycles. The van der Waals surface area contributed by atoms with Gasteiger partial charge in [-0.15, -0.1) is 0 Å². The summed E-state index contributed by atoms with van der Waals surface area (Å²) in [7, 11) is 0. The summed E-state index contributed by atoms with van der Waals surface area (Å²) in [4.78, 5) is 46.5. The van der Waals surface area contributed by atoms with Gasteiger partial charge in [-0.25, -0.2) is 4.79 Å². The number of rotatable bonds is 6. The van der Waals surface area contributed by atoms with E-state index in [1.807, 2.05) is 56.9 Å². The van der Waals surface area contributed by atoms with Gasteiger partial charge in [0.05, 0.1) is 0 Å². The maximum atomic E-state index is 12.9. The van der Waals surface area contributed by atoms with Crippen molar-refractivity contribution in [1.29, 1.82) is 0 Å². The molecule has 212 valence electrons. The summed E-state index contributed by atoms with van der Waals surface area (Å²) in [5, 5.41) is 0. The van der Waals surface area contributed by atoms with Gasteiger partial charge in [0.15, 0.2) is 0 Å². The van der Waals surface area contributed by atoms with E-state index >= 15 is 0 Å². The van der Waals surface area contributed by atoms with Crippen molar-refractivity contribution in [2.24, 2.45) is 5.41 Å². The summed E-state index contributed by atoms with van der Waals surface area (Å²) in [6, 6.07) is 12.3. The molecule has 0 unspecified atom stereocenters. The van der Waals surface area contributed by atoms with Crippen LogP contribution in [0.25, 0.3) is 11.6 Å². The first kappa shape index (κ1) is 29.2. The second kappa shape index (κ2) is 12.2. The molecule has 2 amide bonds. The fourth-order valence-corrected chi connectivity index (χ4v) is 5.39. The minimum absolute atomic E-state index is 0.0276. The molecule has 0 saturated carbocycles. The van der Waals surface area contributed by atoms with Crippen LogP contribution in [-0.4, -0.2) is 64.3 Å². The van der Waals surface area contributed by atoms with E-state index in [9.17, 15) is 14.4 Å². The fraction of sp³-hybridized carbons (Fsp3) is 0.455. The van der Waals surface area contributed by atoms with Gasteiger partial charge in [0.1, 0.15) is 11.4 Å². The molecule has 0 atom stereocenters. The van der Waals surface area contributed by atoms with Gasteiger partial charge in [-0.1, -0.05) is 36.4 Å². The zero-order valence-corrected chi connectivity index (χ0v) is 24.4. The number of amides is 2. The molecule has 3 heterocycles. The van der Waals surface area contributed by atoms with E-state index in [-0.39, 0.29) is 17.8 Å². The maximum Gasteiger partial charge on any atom is 0.410 e. The first-order chi connectivity index (χ1) is 19.0. The van der Waals surface area contributed by atoms with Crippen molar-refractivity contribution < 1.29 is 19.1 Å². The van der Waals surface area contributed by atoms with Crippen LogP contribution in [0.15, 0.2) is 54.7 Å². The standard InChI is InChI=1S/C33H41N3O4/c1-24-29(22-33(25(2)37)15-19-36(20-16-33)31(39)40-32(3,4)5)21-26(23-34-24)11-12-30(38)35-17-13-28(14-18-35)27-9-7-6-8-10-27/h6-13,21,23H,14-20,22H2,1-5H3/b12-11+. The number of pyridine rings is 1. The maximum absolute atomic E-state index is 12.9. The molecule has 2 aliphatic heterocycles. The normalized spacial score (nSPS) is 17.5. The third-order valence-electron chi connectivity index (χ3n) is 7.94. The molecule has 0 spiro atoms. The summed E-state index contributed by atoms with van der Waals surface area (Å²) >= 11 is 0. The van der Waals surface area contributed by atoms with Crippen LogP contribution < -0.4 is 0 Å². The Kier molecular flexibility index (Phi) is 8.92. The summed E-state index contributed by atoms with van der Waals surface area (Å²) in [5.74, 6) is 0.0973. The molecule has 4 rings (SSSR count). The molecular weight excluding hydrogens is 502 g/mol. The Labute approximate surface area is 237 Å². The first-order valence-corrected chi connectivity index (χ1v) is 14.1. The monoisotopic (exact) mass is 543 g/mol. The highest BCUT2D eigenvalue weighted by molar-refractivity contribution is 5.92. The lowest BCUT2D eigenvalue weighted by molar-refractivity contribution is -0.129. The molecule has 7 nitrogen and oxygen atoms in total. The molecule has 1 saturated heterocycles. The number of aromatic nitrogens is 1. The number of aryl methyl sites for hydroxylation is 1. The van der Waals surface area contributed by atoms with Gasteiger partial charge in [0.25, 0.3) is 0 Å². The first-order valence-electron chi connectivity index (χ1n) is 14.1. The summed E-state index contributed by atoms with van der Waals surface area (Å²) in [6.07, 6.45) is 9.51. The van der Waals surface area contributed by atoms with Crippen molar-refractivity contribution in [2.75, 3.05) is 26.2 Å². The molecule has 2 aliphatic rings. The van der Waals surface area contributed by atoms with Crippen LogP contribution in [0.5, 0.6) is 0 Å². The third kappa shape index (κ3) is 7.26. The lowest BCUT2D eigenvalue weighted by Gasteiger charge is -2.40. The summed E-state index contributed by atoms with van der Waals surface area (Å²) in [5.41, 5.74) is 4.06. The number of carbonyl (C=O) groups is 3. The van der Waals surface area contributed by atoms with Crippen molar-refractivity contribution in [3.63, 3.8) is 0 Å². The zero-order valence-electron chi connectivity index (χ0n) is 24.4. The Hall–Kier alpha value is -3.74. The van der Waals surface area contributed by atoms with Crippen LogP contribution >= 0.6 is 0 Å². The molecule has 40 heavy (non-hydrogen) atoms. The number of hydrogen-bond donors (Lipinski definition) is 0. The summed E-state index contributed by atoms with van der Waals surface area (Å²) < 4.78 is 5.52.